The third-order valence-electron chi connectivity index (χ3n) is 6.44. The van der Waals surface area contributed by atoms with Crippen molar-refractivity contribution in [2.45, 2.75) is 63.5 Å². The number of halogens is 1. The first kappa shape index (κ1) is 16.6. The van der Waals surface area contributed by atoms with Crippen LogP contribution in [0, 0.1) is 17.3 Å². The minimum Gasteiger partial charge on any atom is -0.390 e. The first-order valence-electron chi connectivity index (χ1n) is 9.13. The maximum Gasteiger partial charge on any atom is 0.221 e. The molecule has 3 atom stereocenters. The fourth-order valence-corrected chi connectivity index (χ4v) is 6.77. The largest absolute Gasteiger partial charge is 0.390 e. The zero-order valence-electron chi connectivity index (χ0n) is 14.2. The summed E-state index contributed by atoms with van der Waals surface area (Å²) in [5, 5.41) is 14.0. The van der Waals surface area contributed by atoms with Gasteiger partial charge in [0.25, 0.3) is 0 Å². The molecule has 2 N–H and O–H groups in total. The SMILES string of the molecule is CC(NC(=O)CC12CC3CC(CC(O)(C3)C1)C2)c1ccccc1Br. The summed E-state index contributed by atoms with van der Waals surface area (Å²) in [6.07, 6.45) is 6.83. The highest BCUT2D eigenvalue weighted by Crippen LogP contribution is 2.62. The minimum absolute atomic E-state index is 0.00919. The van der Waals surface area contributed by atoms with E-state index in [0.717, 1.165) is 42.1 Å². The quantitative estimate of drug-likeness (QED) is 0.801. The number of carbonyl (C=O) groups excluding carboxylic acids is 1. The van der Waals surface area contributed by atoms with Crippen LogP contribution in [0.3, 0.4) is 0 Å². The summed E-state index contributed by atoms with van der Waals surface area (Å²) in [5.41, 5.74) is 0.657. The molecule has 1 aromatic carbocycles. The van der Waals surface area contributed by atoms with Crippen LogP contribution in [0.5, 0.6) is 0 Å². The highest BCUT2D eigenvalue weighted by Gasteiger charge is 2.57. The van der Waals surface area contributed by atoms with E-state index in [2.05, 4.69) is 21.2 Å². The second-order valence-corrected chi connectivity index (χ2v) is 9.53. The molecular formula is C20H26BrNO2. The van der Waals surface area contributed by atoms with Crippen LogP contribution in [0.4, 0.5) is 0 Å². The molecule has 4 saturated carbocycles. The van der Waals surface area contributed by atoms with Crippen LogP contribution < -0.4 is 5.32 Å². The normalized spacial score (nSPS) is 38.1. The van der Waals surface area contributed by atoms with Crippen molar-refractivity contribution in [1.82, 2.24) is 5.32 Å². The summed E-state index contributed by atoms with van der Waals surface area (Å²) in [6, 6.07) is 8.02. The minimum atomic E-state index is -0.488. The molecular weight excluding hydrogens is 366 g/mol. The average molecular weight is 392 g/mol. The van der Waals surface area contributed by atoms with E-state index in [9.17, 15) is 9.90 Å². The summed E-state index contributed by atoms with van der Waals surface area (Å²) in [6.45, 7) is 2.03. The summed E-state index contributed by atoms with van der Waals surface area (Å²) in [4.78, 5) is 12.7. The lowest BCUT2D eigenvalue weighted by Crippen LogP contribution is -2.56. The van der Waals surface area contributed by atoms with E-state index in [1.807, 2.05) is 31.2 Å². The Hall–Kier alpha value is -0.870. The molecule has 0 saturated heterocycles. The van der Waals surface area contributed by atoms with Crippen LogP contribution in [0.1, 0.15) is 63.5 Å². The molecule has 0 aliphatic heterocycles. The number of hydrogen-bond acceptors (Lipinski definition) is 2. The number of aliphatic hydroxyl groups is 1. The standard InChI is InChI=1S/C20H26BrNO2/c1-13(16-4-2-3-5-17(16)21)22-18(23)11-19-7-14-6-15(8-19)10-20(24,9-14)12-19/h2-5,13-15,24H,6-12H2,1H3,(H,22,23). The molecule has 130 valence electrons. The summed E-state index contributed by atoms with van der Waals surface area (Å²) < 4.78 is 1.03. The van der Waals surface area contributed by atoms with Gasteiger partial charge in [-0.2, -0.15) is 0 Å². The highest BCUT2D eigenvalue weighted by atomic mass is 79.9. The monoisotopic (exact) mass is 391 g/mol. The molecule has 0 spiro atoms. The van der Waals surface area contributed by atoms with Crippen LogP contribution in [-0.4, -0.2) is 16.6 Å². The third kappa shape index (κ3) is 3.03. The Balaban J connectivity index is 1.44. The fraction of sp³-hybridized carbons (Fsp3) is 0.650. The predicted octanol–water partition coefficient (Wildman–Crippen LogP) is 4.35. The topological polar surface area (TPSA) is 49.3 Å². The van der Waals surface area contributed by atoms with Crippen LogP contribution in [-0.2, 0) is 4.79 Å². The third-order valence-corrected chi connectivity index (χ3v) is 7.16. The van der Waals surface area contributed by atoms with Gasteiger partial charge in [0.05, 0.1) is 11.6 Å². The van der Waals surface area contributed by atoms with Crippen molar-refractivity contribution in [3.8, 4) is 0 Å². The zero-order chi connectivity index (χ0) is 16.9. The van der Waals surface area contributed by atoms with Gasteiger partial charge >= 0.3 is 0 Å². The molecule has 4 aliphatic carbocycles. The van der Waals surface area contributed by atoms with Gasteiger partial charge in [0.1, 0.15) is 0 Å². The van der Waals surface area contributed by atoms with Crippen LogP contribution >= 0.6 is 15.9 Å². The average Bonchev–Trinajstić information content (AvgIpc) is 2.43. The molecule has 1 aromatic rings. The van der Waals surface area contributed by atoms with Crippen LogP contribution in [0.2, 0.25) is 0 Å². The lowest BCUT2D eigenvalue weighted by Gasteiger charge is -2.60. The number of benzene rings is 1. The molecule has 5 rings (SSSR count). The Kier molecular flexibility index (Phi) is 4.04. The molecule has 4 bridgehead atoms. The maximum atomic E-state index is 12.7. The van der Waals surface area contributed by atoms with Gasteiger partial charge in [0.15, 0.2) is 0 Å². The highest BCUT2D eigenvalue weighted by molar-refractivity contribution is 9.10. The summed E-state index contributed by atoms with van der Waals surface area (Å²) >= 11 is 3.56. The molecule has 4 heteroatoms. The lowest BCUT2D eigenvalue weighted by molar-refractivity contribution is -0.169. The van der Waals surface area contributed by atoms with Gasteiger partial charge in [0, 0.05) is 10.9 Å². The van der Waals surface area contributed by atoms with E-state index >= 15 is 0 Å². The zero-order valence-corrected chi connectivity index (χ0v) is 15.8. The first-order chi connectivity index (χ1) is 11.4. The molecule has 0 aromatic heterocycles. The van der Waals surface area contributed by atoms with E-state index in [-0.39, 0.29) is 17.4 Å². The number of carbonyl (C=O) groups is 1. The Bertz CT molecular complexity index is 645. The molecule has 3 unspecified atom stereocenters. The van der Waals surface area contributed by atoms with Crippen molar-refractivity contribution in [3.63, 3.8) is 0 Å². The smallest absolute Gasteiger partial charge is 0.221 e. The van der Waals surface area contributed by atoms with E-state index in [4.69, 9.17) is 0 Å². The number of hydrogen-bond donors (Lipinski definition) is 2. The number of amides is 1. The Labute approximate surface area is 152 Å². The molecule has 3 nitrogen and oxygen atoms in total. The van der Waals surface area contributed by atoms with E-state index in [1.165, 1.54) is 6.42 Å². The molecule has 1 amide bonds. The number of nitrogens with one attached hydrogen (secondary N) is 1. The van der Waals surface area contributed by atoms with E-state index in [1.54, 1.807) is 0 Å². The van der Waals surface area contributed by atoms with Gasteiger partial charge in [-0.15, -0.1) is 0 Å². The van der Waals surface area contributed by atoms with Crippen molar-refractivity contribution in [2.24, 2.45) is 17.3 Å². The summed E-state index contributed by atoms with van der Waals surface area (Å²) in [7, 11) is 0. The van der Waals surface area contributed by atoms with Gasteiger partial charge in [-0.25, -0.2) is 0 Å². The predicted molar refractivity (Wildman–Crippen MR) is 97.4 cm³/mol. The van der Waals surface area contributed by atoms with Crippen LogP contribution in [0.25, 0.3) is 0 Å². The fourth-order valence-electron chi connectivity index (χ4n) is 6.15. The molecule has 0 radical (unpaired) electrons. The van der Waals surface area contributed by atoms with Gasteiger partial charge in [0.2, 0.25) is 5.91 Å². The number of rotatable bonds is 4. The second kappa shape index (κ2) is 5.84. The van der Waals surface area contributed by atoms with Crippen LogP contribution in [0.15, 0.2) is 28.7 Å². The van der Waals surface area contributed by atoms with Gasteiger partial charge in [-0.1, -0.05) is 34.1 Å². The molecule has 24 heavy (non-hydrogen) atoms. The Morgan fingerprint density at radius 3 is 2.58 bits per heavy atom. The van der Waals surface area contributed by atoms with Crippen molar-refractivity contribution in [2.75, 3.05) is 0 Å². The van der Waals surface area contributed by atoms with E-state index in [0.29, 0.717) is 18.3 Å². The summed E-state index contributed by atoms with van der Waals surface area (Å²) in [5.74, 6) is 1.39. The Morgan fingerprint density at radius 2 is 1.96 bits per heavy atom. The molecule has 4 aliphatic rings. The van der Waals surface area contributed by atoms with Crippen molar-refractivity contribution in [1.29, 1.82) is 0 Å². The van der Waals surface area contributed by atoms with Gasteiger partial charge in [-0.3, -0.25) is 4.79 Å². The maximum absolute atomic E-state index is 12.7. The van der Waals surface area contributed by atoms with Gasteiger partial charge in [-0.05, 0) is 74.3 Å². The lowest BCUT2D eigenvalue weighted by atomic mass is 9.47. The van der Waals surface area contributed by atoms with E-state index < -0.39 is 5.60 Å². The molecule has 4 fully saturated rings. The molecule has 0 heterocycles. The van der Waals surface area contributed by atoms with Crippen molar-refractivity contribution < 1.29 is 9.90 Å². The second-order valence-electron chi connectivity index (χ2n) is 8.67. The Morgan fingerprint density at radius 1 is 1.29 bits per heavy atom. The van der Waals surface area contributed by atoms with Crippen molar-refractivity contribution >= 4 is 21.8 Å². The first-order valence-corrected chi connectivity index (χ1v) is 9.92. The van der Waals surface area contributed by atoms with Crippen molar-refractivity contribution in [3.05, 3.63) is 34.3 Å². The van der Waals surface area contributed by atoms with Gasteiger partial charge < -0.3 is 10.4 Å².